The van der Waals surface area contributed by atoms with Crippen molar-refractivity contribution in [3.05, 3.63) is 63.5 Å². The Morgan fingerprint density at radius 3 is 2.52 bits per heavy atom. The molecule has 2 aromatic carbocycles. The van der Waals surface area contributed by atoms with Crippen molar-refractivity contribution in [1.29, 1.82) is 0 Å². The van der Waals surface area contributed by atoms with E-state index in [1.807, 2.05) is 43.3 Å². The highest BCUT2D eigenvalue weighted by Gasteiger charge is 2.29. The lowest BCUT2D eigenvalue weighted by molar-refractivity contribution is -0.121. The first-order valence-corrected chi connectivity index (χ1v) is 9.67. The molecule has 3 aromatic rings. The average Bonchev–Trinajstić information content (AvgIpc) is 3.01. The molecule has 140 valence electrons. The molecule has 0 saturated heterocycles. The van der Waals surface area contributed by atoms with Crippen molar-refractivity contribution in [3.63, 3.8) is 0 Å². The summed E-state index contributed by atoms with van der Waals surface area (Å²) in [7, 11) is 0. The first-order valence-electron chi connectivity index (χ1n) is 9.29. The zero-order chi connectivity index (χ0) is 19.0. The number of anilines is 1. The molecule has 1 aromatic heterocycles. The van der Waals surface area contributed by atoms with Gasteiger partial charge in [-0.1, -0.05) is 35.4 Å². The Balaban J connectivity index is 1.45. The number of fused-ring (bicyclic) bond motifs is 1. The van der Waals surface area contributed by atoms with E-state index in [1.165, 1.54) is 0 Å². The number of hydrogen-bond acceptors (Lipinski definition) is 2. The number of H-pyrrole nitrogens is 1. The van der Waals surface area contributed by atoms with E-state index in [4.69, 9.17) is 11.6 Å². The van der Waals surface area contributed by atoms with Crippen molar-refractivity contribution >= 4 is 34.2 Å². The number of benzene rings is 2. The van der Waals surface area contributed by atoms with E-state index >= 15 is 0 Å². The number of carbonyl (C=O) groups excluding carboxylic acids is 1. The molecule has 0 radical (unpaired) electrons. The maximum atomic E-state index is 12.6. The number of amides is 1. The van der Waals surface area contributed by atoms with Crippen molar-refractivity contribution in [2.45, 2.75) is 38.6 Å². The first kappa shape index (κ1) is 17.9. The van der Waals surface area contributed by atoms with Crippen LogP contribution in [0.25, 0.3) is 11.0 Å². The van der Waals surface area contributed by atoms with Gasteiger partial charge in [-0.2, -0.15) is 0 Å². The fraction of sp³-hybridized carbons (Fsp3) is 0.333. The smallest absolute Gasteiger partial charge is 0.326 e. The molecule has 1 aliphatic rings. The molecule has 1 aliphatic carbocycles. The summed E-state index contributed by atoms with van der Waals surface area (Å²) in [6.45, 7) is 2.02. The standard InChI is InChI=1S/C21H22ClN3O2/c1-13-5-9-15(10-6-13)23-20(26)14-7-11-16(12-8-14)25-18-4-2-3-17(22)19(18)24-21(25)27/h2-6,9-10,14,16H,7-8,11-12H2,1H3,(H,23,26)(H,24,27). The number of carbonyl (C=O) groups is 1. The zero-order valence-corrected chi connectivity index (χ0v) is 15.9. The van der Waals surface area contributed by atoms with E-state index in [1.54, 1.807) is 10.6 Å². The number of rotatable bonds is 3. The minimum absolute atomic E-state index is 0.0213. The van der Waals surface area contributed by atoms with Gasteiger partial charge in [0.15, 0.2) is 0 Å². The van der Waals surface area contributed by atoms with Crippen LogP contribution in [0.3, 0.4) is 0 Å². The highest BCUT2D eigenvalue weighted by Crippen LogP contribution is 2.34. The Hall–Kier alpha value is -2.53. The molecule has 27 heavy (non-hydrogen) atoms. The van der Waals surface area contributed by atoms with Crippen molar-refractivity contribution in [3.8, 4) is 0 Å². The average molecular weight is 384 g/mol. The lowest BCUT2D eigenvalue weighted by atomic mass is 9.85. The monoisotopic (exact) mass is 383 g/mol. The van der Waals surface area contributed by atoms with Crippen LogP contribution in [0, 0.1) is 12.8 Å². The molecule has 1 amide bonds. The molecular weight excluding hydrogens is 362 g/mol. The number of aryl methyl sites for hydroxylation is 1. The second-order valence-corrected chi connectivity index (χ2v) is 7.70. The number of aromatic nitrogens is 2. The molecule has 1 saturated carbocycles. The summed E-state index contributed by atoms with van der Waals surface area (Å²) < 4.78 is 1.80. The van der Waals surface area contributed by atoms with Gasteiger partial charge >= 0.3 is 5.69 Å². The highest BCUT2D eigenvalue weighted by molar-refractivity contribution is 6.34. The van der Waals surface area contributed by atoms with E-state index < -0.39 is 0 Å². The van der Waals surface area contributed by atoms with E-state index in [0.717, 1.165) is 42.5 Å². The minimum atomic E-state index is -0.134. The van der Waals surface area contributed by atoms with Crippen LogP contribution in [-0.2, 0) is 4.79 Å². The molecule has 0 atom stereocenters. The molecule has 6 heteroatoms. The highest BCUT2D eigenvalue weighted by atomic mass is 35.5. The van der Waals surface area contributed by atoms with Crippen LogP contribution in [0.1, 0.15) is 37.3 Å². The van der Waals surface area contributed by atoms with E-state index in [2.05, 4.69) is 10.3 Å². The Labute approximate surface area is 162 Å². The molecule has 1 fully saturated rings. The maximum absolute atomic E-state index is 12.6. The molecule has 0 spiro atoms. The van der Waals surface area contributed by atoms with Gasteiger partial charge in [-0.15, -0.1) is 0 Å². The second-order valence-electron chi connectivity index (χ2n) is 7.29. The molecule has 0 unspecified atom stereocenters. The summed E-state index contributed by atoms with van der Waals surface area (Å²) in [4.78, 5) is 27.9. The Kier molecular flexibility index (Phi) is 4.79. The van der Waals surface area contributed by atoms with Crippen molar-refractivity contribution in [2.24, 2.45) is 5.92 Å². The predicted molar refractivity (Wildman–Crippen MR) is 108 cm³/mol. The maximum Gasteiger partial charge on any atom is 0.326 e. The van der Waals surface area contributed by atoms with Crippen LogP contribution >= 0.6 is 11.6 Å². The Bertz CT molecular complexity index is 1030. The van der Waals surface area contributed by atoms with Gasteiger partial charge < -0.3 is 10.3 Å². The molecule has 0 aliphatic heterocycles. The number of hydrogen-bond donors (Lipinski definition) is 2. The molecule has 5 nitrogen and oxygen atoms in total. The van der Waals surface area contributed by atoms with Crippen LogP contribution in [0.15, 0.2) is 47.3 Å². The Morgan fingerprint density at radius 2 is 1.81 bits per heavy atom. The topological polar surface area (TPSA) is 66.9 Å². The van der Waals surface area contributed by atoms with Crippen LogP contribution in [0.2, 0.25) is 5.02 Å². The van der Waals surface area contributed by atoms with Gasteiger partial charge in [0.25, 0.3) is 0 Å². The molecular formula is C21H22ClN3O2. The quantitative estimate of drug-likeness (QED) is 0.690. The van der Waals surface area contributed by atoms with Gasteiger partial charge in [0.1, 0.15) is 0 Å². The second kappa shape index (κ2) is 7.24. The fourth-order valence-corrected chi connectivity index (χ4v) is 4.17. The summed E-state index contributed by atoms with van der Waals surface area (Å²) in [5.74, 6) is 0.0404. The van der Waals surface area contributed by atoms with E-state index in [9.17, 15) is 9.59 Å². The van der Waals surface area contributed by atoms with Gasteiger partial charge in [-0.25, -0.2) is 4.79 Å². The third-order valence-electron chi connectivity index (χ3n) is 5.45. The van der Waals surface area contributed by atoms with E-state index in [-0.39, 0.29) is 23.6 Å². The lowest BCUT2D eigenvalue weighted by Crippen LogP contribution is -2.31. The van der Waals surface area contributed by atoms with Gasteiger partial charge in [0.05, 0.1) is 16.1 Å². The summed E-state index contributed by atoms with van der Waals surface area (Å²) >= 11 is 6.20. The number of nitrogens with zero attached hydrogens (tertiary/aromatic N) is 1. The minimum Gasteiger partial charge on any atom is -0.326 e. The number of para-hydroxylation sites is 1. The van der Waals surface area contributed by atoms with Gasteiger partial charge in [-0.05, 0) is 56.9 Å². The number of imidazole rings is 1. The number of aromatic amines is 1. The van der Waals surface area contributed by atoms with Gasteiger partial charge in [-0.3, -0.25) is 9.36 Å². The Morgan fingerprint density at radius 1 is 1.11 bits per heavy atom. The molecule has 2 N–H and O–H groups in total. The van der Waals surface area contributed by atoms with Gasteiger partial charge in [0.2, 0.25) is 5.91 Å². The van der Waals surface area contributed by atoms with Crippen LogP contribution < -0.4 is 11.0 Å². The molecule has 0 bridgehead atoms. The number of nitrogens with one attached hydrogen (secondary N) is 2. The summed E-state index contributed by atoms with van der Waals surface area (Å²) in [6.07, 6.45) is 3.13. The first-order chi connectivity index (χ1) is 13.0. The third kappa shape index (κ3) is 3.52. The zero-order valence-electron chi connectivity index (χ0n) is 15.2. The largest absolute Gasteiger partial charge is 0.326 e. The van der Waals surface area contributed by atoms with Crippen molar-refractivity contribution < 1.29 is 4.79 Å². The van der Waals surface area contributed by atoms with Gasteiger partial charge in [0, 0.05) is 17.6 Å². The number of halogens is 1. The summed E-state index contributed by atoms with van der Waals surface area (Å²) in [5.41, 5.74) is 3.38. The predicted octanol–water partition coefficient (Wildman–Crippen LogP) is 4.66. The van der Waals surface area contributed by atoms with E-state index in [0.29, 0.717) is 10.5 Å². The van der Waals surface area contributed by atoms with Crippen molar-refractivity contribution in [2.75, 3.05) is 5.32 Å². The SMILES string of the molecule is Cc1ccc(NC(=O)C2CCC(n3c(=O)[nH]c4c(Cl)cccc43)CC2)cc1. The third-order valence-corrected chi connectivity index (χ3v) is 5.77. The lowest BCUT2D eigenvalue weighted by Gasteiger charge is -2.28. The van der Waals surface area contributed by atoms with Crippen LogP contribution in [0.5, 0.6) is 0 Å². The molecule has 4 rings (SSSR count). The summed E-state index contributed by atoms with van der Waals surface area (Å²) in [5, 5.41) is 3.56. The molecule has 1 heterocycles. The van der Waals surface area contributed by atoms with Crippen molar-refractivity contribution in [1.82, 2.24) is 9.55 Å². The summed E-state index contributed by atoms with van der Waals surface area (Å²) in [6, 6.07) is 13.5. The fourth-order valence-electron chi connectivity index (χ4n) is 3.95. The van der Waals surface area contributed by atoms with Crippen LogP contribution in [-0.4, -0.2) is 15.5 Å². The normalized spacial score (nSPS) is 19.9. The van der Waals surface area contributed by atoms with Crippen LogP contribution in [0.4, 0.5) is 5.69 Å².